The van der Waals surface area contributed by atoms with Crippen molar-refractivity contribution in [1.29, 1.82) is 0 Å². The number of aliphatic carboxylic acids is 1. The van der Waals surface area contributed by atoms with Crippen LogP contribution in [0.15, 0.2) is 46.8 Å². The number of amides is 1. The van der Waals surface area contributed by atoms with Gasteiger partial charge in [0.2, 0.25) is 11.3 Å². The molecule has 1 aromatic carbocycles. The quantitative estimate of drug-likeness (QED) is 0.482. The zero-order chi connectivity index (χ0) is 19.0. The summed E-state index contributed by atoms with van der Waals surface area (Å²) in [6, 6.07) is 8.83. The average molecular weight is 384 g/mol. The lowest BCUT2D eigenvalue weighted by Gasteiger charge is -2.09. The molecule has 3 heterocycles. The molecule has 3 N–H and O–H groups in total. The number of aromatic amines is 1. The number of nitrogens with zero attached hydrogens (tertiary/aromatic N) is 2. The zero-order valence-corrected chi connectivity index (χ0v) is 14.4. The summed E-state index contributed by atoms with van der Waals surface area (Å²) in [5.74, 6) is -1.31. The Hall–Kier alpha value is -3.66. The first-order chi connectivity index (χ1) is 13.0. The number of hydrogen-bond donors (Lipinski definition) is 3. The summed E-state index contributed by atoms with van der Waals surface area (Å²) in [5, 5.41) is 16.4. The SMILES string of the molecule is O=C(O)CNC(=O)c1c(=O)cc(Oc2csc3ccccc23)n2[nH]cnc12. The summed E-state index contributed by atoms with van der Waals surface area (Å²) in [7, 11) is 0. The lowest BCUT2D eigenvalue weighted by Crippen LogP contribution is -2.33. The molecule has 0 fully saturated rings. The Labute approximate surface area is 154 Å². The van der Waals surface area contributed by atoms with Crippen LogP contribution in [-0.2, 0) is 4.79 Å². The van der Waals surface area contributed by atoms with Gasteiger partial charge in [-0.2, -0.15) is 0 Å². The maximum absolute atomic E-state index is 12.5. The van der Waals surface area contributed by atoms with Crippen molar-refractivity contribution in [3.63, 3.8) is 0 Å². The summed E-state index contributed by atoms with van der Waals surface area (Å²) in [4.78, 5) is 39.3. The third-order valence-electron chi connectivity index (χ3n) is 3.82. The van der Waals surface area contributed by atoms with Crippen LogP contribution in [0.2, 0.25) is 0 Å². The Morgan fingerprint density at radius 1 is 1.33 bits per heavy atom. The third kappa shape index (κ3) is 3.02. The van der Waals surface area contributed by atoms with E-state index in [9.17, 15) is 14.4 Å². The van der Waals surface area contributed by atoms with Crippen molar-refractivity contribution in [2.75, 3.05) is 6.54 Å². The van der Waals surface area contributed by atoms with E-state index in [2.05, 4.69) is 15.4 Å². The van der Waals surface area contributed by atoms with Crippen LogP contribution in [0.4, 0.5) is 0 Å². The lowest BCUT2D eigenvalue weighted by molar-refractivity contribution is -0.135. The van der Waals surface area contributed by atoms with Crippen molar-refractivity contribution >= 4 is 38.9 Å². The van der Waals surface area contributed by atoms with E-state index >= 15 is 0 Å². The van der Waals surface area contributed by atoms with Gasteiger partial charge >= 0.3 is 5.97 Å². The van der Waals surface area contributed by atoms with Crippen LogP contribution in [0.1, 0.15) is 10.4 Å². The lowest BCUT2D eigenvalue weighted by atomic mass is 10.2. The largest absolute Gasteiger partial charge is 0.480 e. The minimum atomic E-state index is -1.22. The summed E-state index contributed by atoms with van der Waals surface area (Å²) < 4.78 is 8.28. The van der Waals surface area contributed by atoms with E-state index in [4.69, 9.17) is 9.84 Å². The summed E-state index contributed by atoms with van der Waals surface area (Å²) in [5.41, 5.74) is -0.848. The molecule has 0 aliphatic rings. The van der Waals surface area contributed by atoms with Gasteiger partial charge in [0, 0.05) is 21.5 Å². The number of nitrogens with one attached hydrogen (secondary N) is 2. The Bertz CT molecular complexity index is 1240. The average Bonchev–Trinajstić information content (AvgIpc) is 3.27. The number of aromatic nitrogens is 3. The number of benzene rings is 1. The minimum absolute atomic E-state index is 0.0416. The van der Waals surface area contributed by atoms with Crippen LogP contribution in [-0.4, -0.2) is 38.1 Å². The fourth-order valence-electron chi connectivity index (χ4n) is 2.65. The molecule has 0 bridgehead atoms. The number of pyridine rings is 1. The first kappa shape index (κ1) is 16.8. The van der Waals surface area contributed by atoms with Crippen molar-refractivity contribution in [2.24, 2.45) is 0 Å². The number of hydrogen-bond acceptors (Lipinski definition) is 6. The van der Waals surface area contributed by atoms with Gasteiger partial charge in [0.15, 0.2) is 5.65 Å². The van der Waals surface area contributed by atoms with Crippen molar-refractivity contribution in [3.8, 4) is 11.6 Å². The molecule has 0 aliphatic heterocycles. The molecule has 4 rings (SSSR count). The van der Waals surface area contributed by atoms with Gasteiger partial charge in [0.25, 0.3) is 5.91 Å². The standard InChI is InChI=1S/C17H12N4O5S/c22-10-5-13(26-11-7-27-12-4-2-1-3-9(11)12)21-16(19-8-20-21)15(10)17(25)18-6-14(23)24/h1-5,7-8H,6H2,(H,18,25)(H,19,20)(H,23,24). The maximum atomic E-state index is 12.5. The molecule has 0 saturated carbocycles. The second-order valence-corrected chi connectivity index (χ2v) is 6.45. The van der Waals surface area contributed by atoms with Crippen LogP contribution in [0.5, 0.6) is 11.6 Å². The van der Waals surface area contributed by atoms with Gasteiger partial charge in [-0.05, 0) is 12.1 Å². The van der Waals surface area contributed by atoms with Crippen molar-refractivity contribution in [3.05, 3.63) is 57.8 Å². The van der Waals surface area contributed by atoms with Gasteiger partial charge in [-0.3, -0.25) is 19.5 Å². The smallest absolute Gasteiger partial charge is 0.322 e. The molecule has 9 nitrogen and oxygen atoms in total. The number of ether oxygens (including phenoxy) is 1. The van der Waals surface area contributed by atoms with Crippen LogP contribution in [0.25, 0.3) is 15.7 Å². The highest BCUT2D eigenvalue weighted by atomic mass is 32.1. The number of carbonyl (C=O) groups is 2. The molecule has 0 unspecified atom stereocenters. The fourth-order valence-corrected chi connectivity index (χ4v) is 3.51. The van der Waals surface area contributed by atoms with Crippen LogP contribution < -0.4 is 15.5 Å². The van der Waals surface area contributed by atoms with Crippen molar-refractivity contribution < 1.29 is 19.4 Å². The predicted octanol–water partition coefficient (Wildman–Crippen LogP) is 1.84. The number of carbonyl (C=O) groups excluding carboxylic acids is 1. The fraction of sp³-hybridized carbons (Fsp3) is 0.0588. The third-order valence-corrected chi connectivity index (χ3v) is 4.76. The first-order valence-electron chi connectivity index (χ1n) is 7.78. The van der Waals surface area contributed by atoms with E-state index in [1.165, 1.54) is 22.2 Å². The second-order valence-electron chi connectivity index (χ2n) is 5.54. The predicted molar refractivity (Wildman–Crippen MR) is 97.7 cm³/mol. The van der Waals surface area contributed by atoms with E-state index in [1.807, 2.05) is 29.6 Å². The van der Waals surface area contributed by atoms with Crippen LogP contribution in [0, 0.1) is 0 Å². The van der Waals surface area contributed by atoms with E-state index in [1.54, 1.807) is 0 Å². The molecule has 4 aromatic rings. The number of thiophene rings is 1. The van der Waals surface area contributed by atoms with Gasteiger partial charge in [-0.25, -0.2) is 9.50 Å². The Kier molecular flexibility index (Phi) is 4.09. The van der Waals surface area contributed by atoms with E-state index < -0.39 is 23.9 Å². The molecule has 10 heteroatoms. The summed E-state index contributed by atoms with van der Waals surface area (Å²) in [6.45, 7) is -0.603. The minimum Gasteiger partial charge on any atom is -0.480 e. The molecular weight excluding hydrogens is 372 g/mol. The van der Waals surface area contributed by atoms with Crippen molar-refractivity contribution in [1.82, 2.24) is 19.9 Å². The van der Waals surface area contributed by atoms with Gasteiger partial charge < -0.3 is 15.2 Å². The van der Waals surface area contributed by atoms with E-state index in [-0.39, 0.29) is 17.1 Å². The Balaban J connectivity index is 1.76. The number of H-pyrrole nitrogens is 1. The van der Waals surface area contributed by atoms with Crippen LogP contribution in [0.3, 0.4) is 0 Å². The normalized spacial score (nSPS) is 11.0. The summed E-state index contributed by atoms with van der Waals surface area (Å²) >= 11 is 1.50. The highest BCUT2D eigenvalue weighted by molar-refractivity contribution is 7.17. The number of carboxylic acid groups (broad SMARTS) is 1. The molecule has 27 heavy (non-hydrogen) atoms. The molecular formula is C17H12N4O5S. The molecule has 0 radical (unpaired) electrons. The molecule has 1 amide bonds. The van der Waals surface area contributed by atoms with Crippen molar-refractivity contribution in [2.45, 2.75) is 0 Å². The number of carboxylic acids is 1. The molecule has 0 atom stereocenters. The number of fused-ring (bicyclic) bond motifs is 2. The van der Waals surface area contributed by atoms with Gasteiger partial charge in [0.1, 0.15) is 24.2 Å². The molecule has 0 aliphatic carbocycles. The van der Waals surface area contributed by atoms with Gasteiger partial charge in [0.05, 0.1) is 0 Å². The highest BCUT2D eigenvalue weighted by Crippen LogP contribution is 2.34. The molecule has 136 valence electrons. The Morgan fingerprint density at radius 3 is 2.96 bits per heavy atom. The highest BCUT2D eigenvalue weighted by Gasteiger charge is 2.20. The molecule has 0 spiro atoms. The maximum Gasteiger partial charge on any atom is 0.322 e. The van der Waals surface area contributed by atoms with Gasteiger partial charge in [-0.15, -0.1) is 11.3 Å². The molecule has 0 saturated heterocycles. The Morgan fingerprint density at radius 2 is 2.15 bits per heavy atom. The summed E-state index contributed by atoms with van der Waals surface area (Å²) in [6.07, 6.45) is 1.31. The second kappa shape index (κ2) is 6.57. The zero-order valence-electron chi connectivity index (χ0n) is 13.6. The topological polar surface area (TPSA) is 126 Å². The first-order valence-corrected chi connectivity index (χ1v) is 8.66. The number of rotatable bonds is 5. The molecule has 3 aromatic heterocycles. The van der Waals surface area contributed by atoms with Gasteiger partial charge in [-0.1, -0.05) is 12.1 Å². The van der Waals surface area contributed by atoms with Crippen LogP contribution >= 0.6 is 11.3 Å². The van der Waals surface area contributed by atoms with E-state index in [0.29, 0.717) is 5.75 Å². The van der Waals surface area contributed by atoms with E-state index in [0.717, 1.165) is 16.2 Å². The monoisotopic (exact) mass is 384 g/mol.